The van der Waals surface area contributed by atoms with Gasteiger partial charge in [-0.25, -0.2) is 9.48 Å². The molecule has 1 heterocycles. The van der Waals surface area contributed by atoms with Crippen molar-refractivity contribution in [1.29, 1.82) is 0 Å². The summed E-state index contributed by atoms with van der Waals surface area (Å²) in [4.78, 5) is 32.5. The Balaban J connectivity index is 2.60. The van der Waals surface area contributed by atoms with Crippen LogP contribution in [0.1, 0.15) is 16.1 Å². The van der Waals surface area contributed by atoms with Crippen molar-refractivity contribution in [3.8, 4) is 5.69 Å². The highest BCUT2D eigenvalue weighted by Crippen LogP contribution is 2.20. The maximum absolute atomic E-state index is 11.3. The number of rotatable bonds is 3. The molecule has 0 aliphatic rings. The summed E-state index contributed by atoms with van der Waals surface area (Å²) < 4.78 is 1.11. The molecule has 8 heteroatoms. The van der Waals surface area contributed by atoms with E-state index in [1.54, 1.807) is 13.0 Å². The van der Waals surface area contributed by atoms with E-state index < -0.39 is 22.0 Å². The lowest BCUT2D eigenvalue weighted by Gasteiger charge is -2.06. The average molecular weight is 275 g/mol. The molecule has 8 nitrogen and oxygen atoms in total. The fraction of sp³-hybridized carbons (Fsp3) is 0.0833. The van der Waals surface area contributed by atoms with Crippen molar-refractivity contribution in [2.75, 3.05) is 0 Å². The molecule has 1 N–H and O–H groups in total. The lowest BCUT2D eigenvalue weighted by atomic mass is 10.2. The number of benzene rings is 1. The fourth-order valence-electron chi connectivity index (χ4n) is 1.64. The van der Waals surface area contributed by atoms with Gasteiger partial charge in [-0.05, 0) is 13.0 Å². The first kappa shape index (κ1) is 13.4. The molecule has 0 saturated heterocycles. The molecule has 2 rings (SSSR count). The van der Waals surface area contributed by atoms with Crippen LogP contribution in [0, 0.1) is 17.0 Å². The highest BCUT2D eigenvalue weighted by atomic mass is 16.6. The van der Waals surface area contributed by atoms with Gasteiger partial charge in [-0.3, -0.25) is 14.9 Å². The third-order valence-electron chi connectivity index (χ3n) is 2.66. The fourth-order valence-corrected chi connectivity index (χ4v) is 1.64. The highest BCUT2D eigenvalue weighted by Gasteiger charge is 2.14. The van der Waals surface area contributed by atoms with E-state index in [0.29, 0.717) is 11.3 Å². The Morgan fingerprint density at radius 3 is 2.70 bits per heavy atom. The van der Waals surface area contributed by atoms with Gasteiger partial charge < -0.3 is 5.11 Å². The average Bonchev–Trinajstić information content (AvgIpc) is 2.39. The van der Waals surface area contributed by atoms with E-state index in [-0.39, 0.29) is 5.69 Å². The number of nitro groups is 1. The smallest absolute Gasteiger partial charge is 0.360 e. The third-order valence-corrected chi connectivity index (χ3v) is 2.66. The molecule has 0 spiro atoms. The number of aryl methyl sites for hydroxylation is 1. The second kappa shape index (κ2) is 4.92. The Kier molecular flexibility index (Phi) is 3.30. The highest BCUT2D eigenvalue weighted by molar-refractivity contribution is 5.84. The minimum absolute atomic E-state index is 0.111. The van der Waals surface area contributed by atoms with Crippen molar-refractivity contribution in [1.82, 2.24) is 9.78 Å². The topological polar surface area (TPSA) is 115 Å². The summed E-state index contributed by atoms with van der Waals surface area (Å²) in [6.07, 6.45) is 1.25. The number of aromatic nitrogens is 2. The van der Waals surface area contributed by atoms with Crippen LogP contribution in [0.15, 0.2) is 35.3 Å². The molecule has 0 aliphatic heterocycles. The quantitative estimate of drug-likeness (QED) is 0.663. The largest absolute Gasteiger partial charge is 0.476 e. The lowest BCUT2D eigenvalue weighted by molar-refractivity contribution is -0.385. The van der Waals surface area contributed by atoms with Gasteiger partial charge >= 0.3 is 5.97 Å². The molecule has 2 aromatic rings. The van der Waals surface area contributed by atoms with Gasteiger partial charge in [-0.15, -0.1) is 0 Å². The monoisotopic (exact) mass is 275 g/mol. The SMILES string of the molecule is Cc1ccc(-n2ccc(=O)c(C(=O)O)n2)cc1[N+](=O)[O-]. The number of aromatic carboxylic acids is 1. The molecule has 0 bridgehead atoms. The van der Waals surface area contributed by atoms with Crippen LogP contribution >= 0.6 is 0 Å². The van der Waals surface area contributed by atoms with Crippen molar-refractivity contribution in [3.05, 3.63) is 62.1 Å². The zero-order valence-corrected chi connectivity index (χ0v) is 10.3. The first-order valence-corrected chi connectivity index (χ1v) is 5.49. The van der Waals surface area contributed by atoms with Gasteiger partial charge in [0.15, 0.2) is 0 Å². The normalized spacial score (nSPS) is 10.2. The molecule has 1 aromatic carbocycles. The molecule has 0 atom stereocenters. The van der Waals surface area contributed by atoms with Gasteiger partial charge in [-0.1, -0.05) is 6.07 Å². The number of carbonyl (C=O) groups is 1. The van der Waals surface area contributed by atoms with Crippen LogP contribution in [0.3, 0.4) is 0 Å². The molecule has 20 heavy (non-hydrogen) atoms. The van der Waals surface area contributed by atoms with Crippen LogP contribution < -0.4 is 5.43 Å². The van der Waals surface area contributed by atoms with Gasteiger partial charge in [-0.2, -0.15) is 5.10 Å². The Labute approximate surface area is 112 Å². The Morgan fingerprint density at radius 1 is 1.40 bits per heavy atom. The van der Waals surface area contributed by atoms with Crippen LogP contribution in [-0.2, 0) is 0 Å². The summed E-state index contributed by atoms with van der Waals surface area (Å²) in [6.45, 7) is 1.59. The van der Waals surface area contributed by atoms with Crippen LogP contribution in [0.25, 0.3) is 5.69 Å². The summed E-state index contributed by atoms with van der Waals surface area (Å²) >= 11 is 0. The number of hydrogen-bond donors (Lipinski definition) is 1. The molecule has 1 aromatic heterocycles. The van der Waals surface area contributed by atoms with Gasteiger partial charge in [0.25, 0.3) is 5.69 Å². The molecule has 0 amide bonds. The Bertz CT molecular complexity index is 766. The van der Waals surface area contributed by atoms with E-state index >= 15 is 0 Å². The van der Waals surface area contributed by atoms with Crippen molar-refractivity contribution >= 4 is 11.7 Å². The summed E-state index contributed by atoms with van der Waals surface area (Å²) in [5, 5.41) is 23.4. The number of nitro benzene ring substituents is 1. The maximum Gasteiger partial charge on any atom is 0.360 e. The van der Waals surface area contributed by atoms with Gasteiger partial charge in [0.1, 0.15) is 0 Å². The predicted molar refractivity (Wildman–Crippen MR) is 68.2 cm³/mol. The molecule has 0 radical (unpaired) electrons. The van der Waals surface area contributed by atoms with E-state index in [0.717, 1.165) is 10.7 Å². The van der Waals surface area contributed by atoms with E-state index in [2.05, 4.69) is 5.10 Å². The molecular formula is C12H9N3O5. The molecular weight excluding hydrogens is 266 g/mol. The molecule has 0 aliphatic carbocycles. The van der Waals surface area contributed by atoms with E-state index in [1.165, 1.54) is 18.3 Å². The summed E-state index contributed by atoms with van der Waals surface area (Å²) in [5.74, 6) is -1.45. The minimum atomic E-state index is -1.45. The van der Waals surface area contributed by atoms with Crippen LogP contribution in [0.4, 0.5) is 5.69 Å². The lowest BCUT2D eigenvalue weighted by Crippen LogP contribution is -2.20. The van der Waals surface area contributed by atoms with Gasteiger partial charge in [0.2, 0.25) is 11.1 Å². The summed E-state index contributed by atoms with van der Waals surface area (Å²) in [7, 11) is 0. The van der Waals surface area contributed by atoms with Crippen LogP contribution in [0.5, 0.6) is 0 Å². The molecule has 0 saturated carbocycles. The number of hydrogen-bond acceptors (Lipinski definition) is 5. The third kappa shape index (κ3) is 2.39. The standard InChI is InChI=1S/C12H9N3O5/c1-7-2-3-8(6-9(7)15(19)20)14-5-4-10(16)11(13-14)12(17)18/h2-6H,1H3,(H,17,18). The van der Waals surface area contributed by atoms with E-state index in [9.17, 15) is 19.7 Å². The molecule has 0 unspecified atom stereocenters. The van der Waals surface area contributed by atoms with Crippen molar-refractivity contribution < 1.29 is 14.8 Å². The van der Waals surface area contributed by atoms with Crippen LogP contribution in [-0.4, -0.2) is 25.8 Å². The van der Waals surface area contributed by atoms with Crippen molar-refractivity contribution in [3.63, 3.8) is 0 Å². The van der Waals surface area contributed by atoms with E-state index in [1.807, 2.05) is 0 Å². The Hall–Kier alpha value is -3.03. The van der Waals surface area contributed by atoms with E-state index in [4.69, 9.17) is 5.11 Å². The zero-order chi connectivity index (χ0) is 14.9. The van der Waals surface area contributed by atoms with Gasteiger partial charge in [0, 0.05) is 23.9 Å². The van der Waals surface area contributed by atoms with Crippen molar-refractivity contribution in [2.24, 2.45) is 0 Å². The maximum atomic E-state index is 11.3. The number of carboxylic acid groups (broad SMARTS) is 1. The van der Waals surface area contributed by atoms with Crippen LogP contribution in [0.2, 0.25) is 0 Å². The van der Waals surface area contributed by atoms with Crippen molar-refractivity contribution in [2.45, 2.75) is 6.92 Å². The minimum Gasteiger partial charge on any atom is -0.476 e. The summed E-state index contributed by atoms with van der Waals surface area (Å²) in [6, 6.07) is 5.37. The zero-order valence-electron chi connectivity index (χ0n) is 10.3. The second-order valence-corrected chi connectivity index (χ2v) is 4.01. The Morgan fingerprint density at radius 2 is 2.10 bits per heavy atom. The summed E-state index contributed by atoms with van der Waals surface area (Å²) in [5.41, 5.74) is -0.714. The van der Waals surface area contributed by atoms with Gasteiger partial charge in [0.05, 0.1) is 10.6 Å². The predicted octanol–water partition coefficient (Wildman–Crippen LogP) is 1.15. The molecule has 102 valence electrons. The molecule has 0 fully saturated rings. The first-order valence-electron chi connectivity index (χ1n) is 5.49. The number of nitrogens with zero attached hydrogens (tertiary/aromatic N) is 3. The second-order valence-electron chi connectivity index (χ2n) is 4.01. The first-order chi connectivity index (χ1) is 9.40. The number of carboxylic acids is 1.